The highest BCUT2D eigenvalue weighted by Gasteiger charge is 2.15. The molecule has 2 N–H and O–H groups in total. The van der Waals surface area contributed by atoms with Crippen molar-refractivity contribution in [3.05, 3.63) is 36.2 Å². The van der Waals surface area contributed by atoms with Crippen molar-refractivity contribution >= 4 is 17.2 Å². The minimum absolute atomic E-state index is 0.598. The van der Waals surface area contributed by atoms with E-state index in [9.17, 15) is 0 Å². The molecule has 0 saturated carbocycles. The van der Waals surface area contributed by atoms with Crippen LogP contribution in [0, 0.1) is 0 Å². The summed E-state index contributed by atoms with van der Waals surface area (Å²) in [5, 5.41) is 0. The molecule has 0 spiro atoms. The van der Waals surface area contributed by atoms with Crippen molar-refractivity contribution in [1.29, 1.82) is 0 Å². The van der Waals surface area contributed by atoms with Gasteiger partial charge in [-0.1, -0.05) is 6.92 Å². The number of rotatable bonds is 3. The molecule has 0 amide bonds. The molecule has 0 aliphatic heterocycles. The first kappa shape index (κ1) is 12.6. The van der Waals surface area contributed by atoms with Crippen molar-refractivity contribution in [2.45, 2.75) is 13.3 Å². The van der Waals surface area contributed by atoms with E-state index in [0.29, 0.717) is 11.5 Å². The van der Waals surface area contributed by atoms with E-state index in [0.717, 1.165) is 29.3 Å². The second kappa shape index (κ2) is 4.59. The summed E-state index contributed by atoms with van der Waals surface area (Å²) in [5.74, 6) is 2.25. The number of nitrogens with zero attached hydrogens (tertiary/aromatic N) is 3. The molecule has 0 unspecified atom stereocenters. The second-order valence-corrected chi connectivity index (χ2v) is 4.98. The maximum Gasteiger partial charge on any atom is 0.156 e. The third-order valence-electron chi connectivity index (χ3n) is 3.40. The molecule has 0 aliphatic carbocycles. The van der Waals surface area contributed by atoms with Crippen molar-refractivity contribution < 1.29 is 4.42 Å². The fourth-order valence-corrected chi connectivity index (χ4v) is 2.19. The van der Waals surface area contributed by atoms with Crippen molar-refractivity contribution in [3.63, 3.8) is 0 Å². The van der Waals surface area contributed by atoms with Crippen LogP contribution in [-0.2, 0) is 6.42 Å². The SMILES string of the molecule is CCc1ccc(-c2nc3ccc(N(C)C)cn3c2N)o1. The van der Waals surface area contributed by atoms with Crippen LogP contribution in [0.5, 0.6) is 0 Å². The zero-order valence-corrected chi connectivity index (χ0v) is 11.9. The monoisotopic (exact) mass is 270 g/mol. The number of pyridine rings is 1. The van der Waals surface area contributed by atoms with Gasteiger partial charge in [0, 0.05) is 26.7 Å². The van der Waals surface area contributed by atoms with Crippen LogP contribution >= 0.6 is 0 Å². The average molecular weight is 270 g/mol. The Morgan fingerprint density at radius 1 is 1.25 bits per heavy atom. The third kappa shape index (κ3) is 1.91. The Kier molecular flexibility index (Phi) is 2.89. The number of aromatic nitrogens is 2. The summed E-state index contributed by atoms with van der Waals surface area (Å²) in [6.45, 7) is 2.05. The molecule has 5 heteroatoms. The number of fused-ring (bicyclic) bond motifs is 1. The van der Waals surface area contributed by atoms with Gasteiger partial charge in [0.15, 0.2) is 5.76 Å². The van der Waals surface area contributed by atoms with E-state index in [4.69, 9.17) is 10.2 Å². The van der Waals surface area contributed by atoms with Crippen LogP contribution in [0.1, 0.15) is 12.7 Å². The summed E-state index contributed by atoms with van der Waals surface area (Å²) >= 11 is 0. The molecule has 3 aromatic rings. The fraction of sp³-hybridized carbons (Fsp3) is 0.267. The molecular formula is C15H18N4O. The highest BCUT2D eigenvalue weighted by Crippen LogP contribution is 2.29. The number of aryl methyl sites for hydroxylation is 1. The molecule has 0 atom stereocenters. The summed E-state index contributed by atoms with van der Waals surface area (Å²) in [4.78, 5) is 6.58. The molecular weight excluding hydrogens is 252 g/mol. The lowest BCUT2D eigenvalue weighted by Crippen LogP contribution is -2.09. The van der Waals surface area contributed by atoms with Crippen LogP contribution in [0.3, 0.4) is 0 Å². The fourth-order valence-electron chi connectivity index (χ4n) is 2.19. The van der Waals surface area contributed by atoms with Crippen LogP contribution < -0.4 is 10.6 Å². The minimum atomic E-state index is 0.598. The van der Waals surface area contributed by atoms with Crippen LogP contribution in [0.15, 0.2) is 34.9 Å². The molecule has 0 aromatic carbocycles. The van der Waals surface area contributed by atoms with Gasteiger partial charge < -0.3 is 15.1 Å². The Labute approximate surface area is 117 Å². The number of furan rings is 1. The molecule has 20 heavy (non-hydrogen) atoms. The van der Waals surface area contributed by atoms with Crippen molar-refractivity contribution in [2.75, 3.05) is 24.7 Å². The molecule has 0 aliphatic rings. The quantitative estimate of drug-likeness (QED) is 0.795. The number of nitrogen functional groups attached to an aromatic ring is 1. The standard InChI is InChI=1S/C15H18N4O/c1-4-11-6-7-12(20-11)14-15(16)19-9-10(18(2)3)5-8-13(19)17-14/h5-9H,4,16H2,1-3H3. The molecule has 104 valence electrons. The van der Waals surface area contributed by atoms with Gasteiger partial charge in [0.1, 0.15) is 22.9 Å². The van der Waals surface area contributed by atoms with Crippen molar-refractivity contribution in [3.8, 4) is 11.5 Å². The summed E-state index contributed by atoms with van der Waals surface area (Å²) in [7, 11) is 3.99. The number of hydrogen-bond donors (Lipinski definition) is 1. The topological polar surface area (TPSA) is 59.7 Å². The van der Waals surface area contributed by atoms with E-state index in [1.165, 1.54) is 0 Å². The van der Waals surface area contributed by atoms with Crippen LogP contribution in [-0.4, -0.2) is 23.5 Å². The van der Waals surface area contributed by atoms with E-state index < -0.39 is 0 Å². The smallest absolute Gasteiger partial charge is 0.156 e. The predicted molar refractivity (Wildman–Crippen MR) is 81.0 cm³/mol. The van der Waals surface area contributed by atoms with Crippen molar-refractivity contribution in [2.24, 2.45) is 0 Å². The molecule has 3 rings (SSSR count). The summed E-state index contributed by atoms with van der Waals surface area (Å²) in [6.07, 6.45) is 2.84. The Bertz CT molecular complexity index is 754. The zero-order chi connectivity index (χ0) is 14.3. The van der Waals surface area contributed by atoms with Gasteiger partial charge in [0.25, 0.3) is 0 Å². The molecule has 0 bridgehead atoms. The van der Waals surface area contributed by atoms with E-state index in [2.05, 4.69) is 11.9 Å². The lowest BCUT2D eigenvalue weighted by Gasteiger charge is -2.12. The first-order valence-corrected chi connectivity index (χ1v) is 6.64. The number of imidazole rings is 1. The van der Waals surface area contributed by atoms with Gasteiger partial charge in [-0.2, -0.15) is 0 Å². The molecule has 5 nitrogen and oxygen atoms in total. The number of anilines is 2. The van der Waals surface area contributed by atoms with Gasteiger partial charge in [-0.15, -0.1) is 0 Å². The van der Waals surface area contributed by atoms with E-state index in [1.54, 1.807) is 0 Å². The normalized spacial score (nSPS) is 11.2. The lowest BCUT2D eigenvalue weighted by atomic mass is 10.3. The third-order valence-corrected chi connectivity index (χ3v) is 3.40. The molecule has 0 radical (unpaired) electrons. The second-order valence-electron chi connectivity index (χ2n) is 4.98. The van der Waals surface area contributed by atoms with Gasteiger partial charge in [-0.05, 0) is 24.3 Å². The molecule has 3 heterocycles. The highest BCUT2D eigenvalue weighted by atomic mass is 16.3. The van der Waals surface area contributed by atoms with Crippen molar-refractivity contribution in [1.82, 2.24) is 9.38 Å². The Morgan fingerprint density at radius 3 is 2.70 bits per heavy atom. The maximum atomic E-state index is 6.21. The van der Waals surface area contributed by atoms with E-state index in [1.807, 2.05) is 53.9 Å². The van der Waals surface area contributed by atoms with E-state index in [-0.39, 0.29) is 0 Å². The number of nitrogens with two attached hydrogens (primary N) is 1. The Balaban J connectivity index is 2.15. The molecule has 0 saturated heterocycles. The largest absolute Gasteiger partial charge is 0.459 e. The van der Waals surface area contributed by atoms with E-state index >= 15 is 0 Å². The van der Waals surface area contributed by atoms with Crippen LogP contribution in [0.2, 0.25) is 0 Å². The Hall–Kier alpha value is -2.43. The summed E-state index contributed by atoms with van der Waals surface area (Å²) < 4.78 is 7.63. The summed E-state index contributed by atoms with van der Waals surface area (Å²) in [6, 6.07) is 7.86. The lowest BCUT2D eigenvalue weighted by molar-refractivity contribution is 0.528. The minimum Gasteiger partial charge on any atom is -0.459 e. The highest BCUT2D eigenvalue weighted by molar-refractivity contribution is 5.72. The Morgan fingerprint density at radius 2 is 2.05 bits per heavy atom. The predicted octanol–water partition coefficient (Wildman–Crippen LogP) is 2.80. The number of hydrogen-bond acceptors (Lipinski definition) is 4. The van der Waals surface area contributed by atoms with Crippen LogP contribution in [0.4, 0.5) is 11.5 Å². The van der Waals surface area contributed by atoms with Gasteiger partial charge in [-0.3, -0.25) is 4.40 Å². The first-order valence-electron chi connectivity index (χ1n) is 6.64. The molecule has 3 aromatic heterocycles. The van der Waals surface area contributed by atoms with Gasteiger partial charge in [0.2, 0.25) is 0 Å². The van der Waals surface area contributed by atoms with Crippen LogP contribution in [0.25, 0.3) is 17.1 Å². The summed E-state index contributed by atoms with van der Waals surface area (Å²) in [5.41, 5.74) is 8.80. The first-order chi connectivity index (χ1) is 9.60. The van der Waals surface area contributed by atoms with Gasteiger partial charge >= 0.3 is 0 Å². The average Bonchev–Trinajstić information content (AvgIpc) is 3.03. The van der Waals surface area contributed by atoms with Gasteiger partial charge in [-0.25, -0.2) is 4.98 Å². The molecule has 0 fully saturated rings. The van der Waals surface area contributed by atoms with Gasteiger partial charge in [0.05, 0.1) is 5.69 Å². The maximum absolute atomic E-state index is 6.21. The zero-order valence-electron chi connectivity index (χ0n) is 11.9.